The molecule has 3 nitrogen and oxygen atoms in total. The SMILES string of the molecule is C=CCCCCC.O=C1C=CN=N1. The highest BCUT2D eigenvalue weighted by atomic mass is 16.1. The summed E-state index contributed by atoms with van der Waals surface area (Å²) in [6.45, 7) is 5.84. The van der Waals surface area contributed by atoms with Crippen molar-refractivity contribution in [3.05, 3.63) is 24.9 Å². The van der Waals surface area contributed by atoms with Crippen LogP contribution in [0.15, 0.2) is 35.2 Å². The quantitative estimate of drug-likeness (QED) is 0.483. The van der Waals surface area contributed by atoms with Gasteiger partial charge in [0.15, 0.2) is 0 Å². The summed E-state index contributed by atoms with van der Waals surface area (Å²) < 4.78 is 0. The van der Waals surface area contributed by atoms with Crippen LogP contribution < -0.4 is 0 Å². The first kappa shape index (κ1) is 11.8. The lowest BCUT2D eigenvalue weighted by molar-refractivity contribution is -0.113. The Hall–Kier alpha value is -1.25. The molecule has 0 N–H and O–H groups in total. The van der Waals surface area contributed by atoms with Crippen molar-refractivity contribution < 1.29 is 4.79 Å². The molecule has 0 aromatic carbocycles. The number of amides is 1. The van der Waals surface area contributed by atoms with E-state index >= 15 is 0 Å². The van der Waals surface area contributed by atoms with Gasteiger partial charge in [0.2, 0.25) is 0 Å². The van der Waals surface area contributed by atoms with Gasteiger partial charge in [-0.3, -0.25) is 4.79 Å². The Labute approximate surface area is 79.3 Å². The van der Waals surface area contributed by atoms with E-state index in [1.54, 1.807) is 0 Å². The number of hydrogen-bond donors (Lipinski definition) is 0. The van der Waals surface area contributed by atoms with Crippen LogP contribution in [0.4, 0.5) is 0 Å². The molecule has 0 spiro atoms. The zero-order valence-electron chi connectivity index (χ0n) is 8.07. The van der Waals surface area contributed by atoms with Crippen LogP contribution in [0.5, 0.6) is 0 Å². The second kappa shape index (κ2) is 8.84. The van der Waals surface area contributed by atoms with Crippen LogP contribution >= 0.6 is 0 Å². The van der Waals surface area contributed by atoms with Gasteiger partial charge < -0.3 is 0 Å². The van der Waals surface area contributed by atoms with Crippen LogP contribution in [0.2, 0.25) is 0 Å². The van der Waals surface area contributed by atoms with Crippen molar-refractivity contribution in [3.63, 3.8) is 0 Å². The minimum Gasteiger partial charge on any atom is -0.266 e. The average molecular weight is 180 g/mol. The molecular formula is C10H16N2O. The van der Waals surface area contributed by atoms with Crippen molar-refractivity contribution in [1.82, 2.24) is 0 Å². The highest BCUT2D eigenvalue weighted by Crippen LogP contribution is 1.97. The Balaban J connectivity index is 0.000000223. The fourth-order valence-electron chi connectivity index (χ4n) is 0.759. The molecule has 1 aliphatic rings. The molecule has 0 aromatic heterocycles. The summed E-state index contributed by atoms with van der Waals surface area (Å²) in [5.74, 6) is -0.269. The largest absolute Gasteiger partial charge is 0.289 e. The first-order valence-electron chi connectivity index (χ1n) is 4.53. The van der Waals surface area contributed by atoms with Gasteiger partial charge in [-0.05, 0) is 12.8 Å². The van der Waals surface area contributed by atoms with Gasteiger partial charge in [0.1, 0.15) is 0 Å². The predicted molar refractivity (Wildman–Crippen MR) is 53.3 cm³/mol. The number of nitrogens with zero attached hydrogens (tertiary/aromatic N) is 2. The molecule has 1 heterocycles. The first-order valence-corrected chi connectivity index (χ1v) is 4.53. The number of allylic oxidation sites excluding steroid dienone is 1. The van der Waals surface area contributed by atoms with Crippen molar-refractivity contribution in [2.45, 2.75) is 32.6 Å². The van der Waals surface area contributed by atoms with E-state index < -0.39 is 0 Å². The minimum absolute atomic E-state index is 0.269. The van der Waals surface area contributed by atoms with Crippen LogP contribution in [0, 0.1) is 0 Å². The number of azo groups is 1. The van der Waals surface area contributed by atoms with Crippen molar-refractivity contribution in [2.24, 2.45) is 10.2 Å². The molecule has 72 valence electrons. The maximum absolute atomic E-state index is 9.90. The Kier molecular flexibility index (Phi) is 7.99. The van der Waals surface area contributed by atoms with Crippen molar-refractivity contribution >= 4 is 5.91 Å². The van der Waals surface area contributed by atoms with Gasteiger partial charge in [-0.1, -0.05) is 25.8 Å². The third-order valence-corrected chi connectivity index (χ3v) is 1.45. The molecule has 0 aromatic rings. The fraction of sp³-hybridized carbons (Fsp3) is 0.500. The molecular weight excluding hydrogens is 164 g/mol. The van der Waals surface area contributed by atoms with E-state index in [-0.39, 0.29) is 5.91 Å². The lowest BCUT2D eigenvalue weighted by atomic mass is 10.2. The van der Waals surface area contributed by atoms with Crippen molar-refractivity contribution in [2.75, 3.05) is 0 Å². The smallest absolute Gasteiger partial charge is 0.266 e. The number of carbonyl (C=O) groups is 1. The summed E-state index contributed by atoms with van der Waals surface area (Å²) in [6.07, 6.45) is 9.83. The molecule has 0 fully saturated rings. The van der Waals surface area contributed by atoms with E-state index in [4.69, 9.17) is 0 Å². The van der Waals surface area contributed by atoms with Crippen LogP contribution in [0.25, 0.3) is 0 Å². The topological polar surface area (TPSA) is 41.8 Å². The van der Waals surface area contributed by atoms with E-state index in [0.717, 1.165) is 0 Å². The summed E-state index contributed by atoms with van der Waals surface area (Å²) in [5, 5.41) is 6.37. The predicted octanol–water partition coefficient (Wildman–Crippen LogP) is 3.25. The molecule has 3 heteroatoms. The van der Waals surface area contributed by atoms with Gasteiger partial charge in [0.25, 0.3) is 5.91 Å². The Morgan fingerprint density at radius 1 is 1.54 bits per heavy atom. The Morgan fingerprint density at radius 3 is 2.62 bits per heavy atom. The van der Waals surface area contributed by atoms with E-state index in [1.165, 1.54) is 38.0 Å². The molecule has 0 aliphatic carbocycles. The number of unbranched alkanes of at least 4 members (excludes halogenated alkanes) is 3. The van der Waals surface area contributed by atoms with Gasteiger partial charge in [0.05, 0.1) is 6.20 Å². The van der Waals surface area contributed by atoms with Crippen molar-refractivity contribution in [3.8, 4) is 0 Å². The second-order valence-corrected chi connectivity index (χ2v) is 2.65. The van der Waals surface area contributed by atoms with E-state index in [2.05, 4.69) is 23.7 Å². The second-order valence-electron chi connectivity index (χ2n) is 2.65. The summed E-state index contributed by atoms with van der Waals surface area (Å²) in [6, 6.07) is 0. The highest BCUT2D eigenvalue weighted by molar-refractivity contribution is 5.89. The summed E-state index contributed by atoms with van der Waals surface area (Å²) in [5.41, 5.74) is 0. The fourth-order valence-corrected chi connectivity index (χ4v) is 0.759. The van der Waals surface area contributed by atoms with Gasteiger partial charge in [-0.15, -0.1) is 11.7 Å². The molecule has 0 saturated carbocycles. The Morgan fingerprint density at radius 2 is 2.31 bits per heavy atom. The summed E-state index contributed by atoms with van der Waals surface area (Å²) in [7, 11) is 0. The molecule has 1 aliphatic heterocycles. The third kappa shape index (κ3) is 8.66. The molecule has 0 unspecified atom stereocenters. The maximum Gasteiger partial charge on any atom is 0.289 e. The maximum atomic E-state index is 9.90. The number of hydrogen-bond acceptors (Lipinski definition) is 2. The average Bonchev–Trinajstić information content (AvgIpc) is 2.58. The third-order valence-electron chi connectivity index (χ3n) is 1.45. The molecule has 1 rings (SSSR count). The van der Waals surface area contributed by atoms with Gasteiger partial charge in [-0.2, -0.15) is 5.11 Å². The lowest BCUT2D eigenvalue weighted by Crippen LogP contribution is -1.74. The standard InChI is InChI=1S/C7H14.C3H2N2O/c1-3-5-7-6-4-2;6-3-1-2-4-5-3/h3H,1,4-7H2,2H3;1-2H. The van der Waals surface area contributed by atoms with Crippen LogP contribution in [0.1, 0.15) is 32.6 Å². The monoisotopic (exact) mass is 180 g/mol. The highest BCUT2D eigenvalue weighted by Gasteiger charge is 1.92. The van der Waals surface area contributed by atoms with Gasteiger partial charge in [0, 0.05) is 6.08 Å². The van der Waals surface area contributed by atoms with Crippen molar-refractivity contribution in [1.29, 1.82) is 0 Å². The van der Waals surface area contributed by atoms with Crippen LogP contribution in [-0.2, 0) is 4.79 Å². The summed E-state index contributed by atoms with van der Waals surface area (Å²) >= 11 is 0. The van der Waals surface area contributed by atoms with E-state index in [1.807, 2.05) is 6.08 Å². The molecule has 13 heavy (non-hydrogen) atoms. The summed E-state index contributed by atoms with van der Waals surface area (Å²) in [4.78, 5) is 9.90. The number of rotatable bonds is 4. The zero-order valence-corrected chi connectivity index (χ0v) is 8.07. The molecule has 1 amide bonds. The van der Waals surface area contributed by atoms with Gasteiger partial charge in [-0.25, -0.2) is 0 Å². The zero-order chi connectivity index (χ0) is 9.94. The van der Waals surface area contributed by atoms with E-state index in [0.29, 0.717) is 0 Å². The van der Waals surface area contributed by atoms with Crippen LogP contribution in [-0.4, -0.2) is 5.91 Å². The van der Waals surface area contributed by atoms with E-state index in [9.17, 15) is 4.79 Å². The molecule has 0 radical (unpaired) electrons. The Bertz CT molecular complexity index is 193. The lowest BCUT2D eigenvalue weighted by Gasteiger charge is -1.87. The molecule has 0 bridgehead atoms. The molecule has 0 saturated heterocycles. The minimum atomic E-state index is -0.269. The first-order chi connectivity index (χ1) is 6.31. The normalized spacial score (nSPS) is 12.5. The van der Waals surface area contributed by atoms with Gasteiger partial charge >= 0.3 is 0 Å². The molecule has 0 atom stereocenters. The van der Waals surface area contributed by atoms with Crippen LogP contribution in [0.3, 0.4) is 0 Å². The number of carbonyl (C=O) groups excluding carboxylic acids is 1.